The number of piperidine rings is 1. The molecule has 3 fully saturated rings. The van der Waals surface area contributed by atoms with Crippen molar-refractivity contribution in [3.05, 3.63) is 85.1 Å². The van der Waals surface area contributed by atoms with Crippen LogP contribution in [0.25, 0.3) is 0 Å². The zero-order valence-corrected chi connectivity index (χ0v) is 44.6. The van der Waals surface area contributed by atoms with Gasteiger partial charge in [-0.25, -0.2) is 4.79 Å². The van der Waals surface area contributed by atoms with Crippen LogP contribution >= 0.6 is 0 Å². The summed E-state index contributed by atoms with van der Waals surface area (Å²) in [6.07, 6.45) is 7.92. The van der Waals surface area contributed by atoms with E-state index in [2.05, 4.69) is 27.9 Å². The quantitative estimate of drug-likeness (QED) is 0.167. The number of nitrogens with one attached hydrogen (secondary N) is 3. The van der Waals surface area contributed by atoms with Crippen LogP contribution in [0.5, 0.6) is 0 Å². The van der Waals surface area contributed by atoms with Gasteiger partial charge in [0.1, 0.15) is 12.2 Å². The molecule has 0 saturated carbocycles. The summed E-state index contributed by atoms with van der Waals surface area (Å²) in [6, 6.07) is -2.60. The minimum Gasteiger partial charge on any atom is -0.462 e. The van der Waals surface area contributed by atoms with Gasteiger partial charge in [-0.05, 0) is 78.6 Å². The van der Waals surface area contributed by atoms with Crippen LogP contribution in [0.4, 0.5) is 4.79 Å². The van der Waals surface area contributed by atoms with Gasteiger partial charge < -0.3 is 90.9 Å². The number of hydrogen-bond acceptors (Lipinski definition) is 18. The molecule has 13 N–H and O–H groups in total. The first kappa shape index (κ1) is 63.8. The molecule has 75 heavy (non-hydrogen) atoms. The number of fused-ring (bicyclic) bond motifs is 2. The van der Waals surface area contributed by atoms with Gasteiger partial charge in [0.25, 0.3) is 0 Å². The SMILES string of the molecule is CNC(=O)N[C@H]1[C@@H]2C[C@@H](O[C@@H]3O[C@H](C)[C@@H](O)[C@H](NCC4CCN(C)CC4)[C@@H]3O)/C=C/C=C/C=C/C=C/C=C/C=C/C=C/[C@H](C)[C@@H](O)[C@@H](C)C(C)OC(=O)C[C@H](O)C[C@H](O)CC[C@@H](O)[C@H](O)C[C@H](O)C[C@](O)(C[C@@H]1O)O2. The highest BCUT2D eigenvalue weighted by atomic mass is 16.7. The Labute approximate surface area is 443 Å². The molecule has 19 atom stereocenters. The molecule has 20 heteroatoms. The van der Waals surface area contributed by atoms with E-state index < -0.39 is 147 Å². The number of allylic oxidation sites excluding steroid dienone is 12. The van der Waals surface area contributed by atoms with Gasteiger partial charge in [0, 0.05) is 44.6 Å². The van der Waals surface area contributed by atoms with Crippen LogP contribution in [-0.4, -0.2) is 205 Å². The smallest absolute Gasteiger partial charge is 0.314 e. The Bertz CT molecular complexity index is 1910. The Morgan fingerprint density at radius 2 is 1.28 bits per heavy atom. The van der Waals surface area contributed by atoms with Crippen molar-refractivity contribution in [1.82, 2.24) is 20.9 Å². The number of carbonyl (C=O) groups excluding carboxylic acids is 2. The first-order valence-electron chi connectivity index (χ1n) is 26.7. The highest BCUT2D eigenvalue weighted by Gasteiger charge is 2.49. The molecule has 0 aromatic carbocycles. The molecule has 0 aromatic rings. The number of urea groups is 1. The third kappa shape index (κ3) is 21.9. The molecule has 2 amide bonds. The second-order valence-electron chi connectivity index (χ2n) is 21.1. The third-order valence-corrected chi connectivity index (χ3v) is 14.7. The molecule has 2 bridgehead atoms. The Kier molecular flexibility index (Phi) is 27.5. The zero-order valence-electron chi connectivity index (χ0n) is 44.6. The topological polar surface area (TPSA) is 313 Å². The van der Waals surface area contributed by atoms with E-state index in [1.54, 1.807) is 51.2 Å². The standard InChI is InChI=1S/C55H90N4O16/c1-34-19-17-15-13-11-9-7-8-10-12-14-16-18-20-42(74-53-52(69)49(51(68)37(4)73-53)57-33-38-23-25-59(6)26-24-38)30-46-48(58-54(70)56-5)45(65)32-55(71,75-46)31-41(62)28-44(64)43(63)22-21-39(60)27-40(61)29-47(66)72-36(3)35(2)50(34)67/h7-20,34-46,48-53,57,60-65,67-69,71H,21-33H2,1-6H3,(H2,56,58,70)/b8-7+,11-9+,12-10+,15-13+,16-14+,19-17+,20-18+/t34-,35-,36?,37+,39+,40+,41-,42-,43+,44+,45-,46-,48+,49-,50+,51+,52-,53-,55+/m0/s1. The van der Waals surface area contributed by atoms with Gasteiger partial charge in [0.15, 0.2) is 12.1 Å². The molecule has 4 rings (SSSR count). The van der Waals surface area contributed by atoms with Crippen LogP contribution in [-0.2, 0) is 23.7 Å². The minimum absolute atomic E-state index is 0.0864. The largest absolute Gasteiger partial charge is 0.462 e. The van der Waals surface area contributed by atoms with E-state index in [1.165, 1.54) is 7.05 Å². The predicted octanol–water partition coefficient (Wildman–Crippen LogP) is 1.28. The molecule has 20 nitrogen and oxygen atoms in total. The van der Waals surface area contributed by atoms with E-state index in [0.29, 0.717) is 12.5 Å². The molecule has 4 heterocycles. The fourth-order valence-electron chi connectivity index (χ4n) is 9.84. The molecule has 4 aliphatic heterocycles. The number of cyclic esters (lactones) is 1. The number of carbonyl (C=O) groups is 2. The van der Waals surface area contributed by atoms with Gasteiger partial charge in [0.2, 0.25) is 0 Å². The number of hydrogen-bond donors (Lipinski definition) is 13. The van der Waals surface area contributed by atoms with Crippen molar-refractivity contribution in [2.24, 2.45) is 17.8 Å². The van der Waals surface area contributed by atoms with Crippen molar-refractivity contribution >= 4 is 12.0 Å². The summed E-state index contributed by atoms with van der Waals surface area (Å²) in [5, 5.41) is 120. The molecular weight excluding hydrogens is 973 g/mol. The first-order chi connectivity index (χ1) is 35.6. The van der Waals surface area contributed by atoms with Crippen LogP contribution in [0, 0.1) is 17.8 Å². The summed E-state index contributed by atoms with van der Waals surface area (Å²) >= 11 is 0. The number of esters is 1. The number of aliphatic hydroxyl groups excluding tert-OH is 9. The number of amides is 2. The fourth-order valence-corrected chi connectivity index (χ4v) is 9.84. The number of rotatable bonds is 6. The van der Waals surface area contributed by atoms with E-state index in [9.17, 15) is 60.7 Å². The lowest BCUT2D eigenvalue weighted by molar-refractivity contribution is -0.303. The average Bonchev–Trinajstić information content (AvgIpc) is 3.35. The van der Waals surface area contributed by atoms with Crippen LogP contribution in [0.2, 0.25) is 0 Å². The molecule has 0 spiro atoms. The van der Waals surface area contributed by atoms with Gasteiger partial charge in [-0.2, -0.15) is 0 Å². The van der Waals surface area contributed by atoms with Crippen molar-refractivity contribution in [1.29, 1.82) is 0 Å². The van der Waals surface area contributed by atoms with Crippen LogP contribution in [0.15, 0.2) is 85.1 Å². The summed E-state index contributed by atoms with van der Waals surface area (Å²) < 4.78 is 24.3. The van der Waals surface area contributed by atoms with Crippen LogP contribution in [0.3, 0.4) is 0 Å². The van der Waals surface area contributed by atoms with E-state index >= 15 is 0 Å². The first-order valence-corrected chi connectivity index (χ1v) is 26.7. The van der Waals surface area contributed by atoms with Crippen molar-refractivity contribution in [3.63, 3.8) is 0 Å². The van der Waals surface area contributed by atoms with Crippen molar-refractivity contribution in [3.8, 4) is 0 Å². The lowest BCUT2D eigenvalue weighted by Gasteiger charge is -2.47. The maximum absolute atomic E-state index is 12.8. The average molecular weight is 1060 g/mol. The zero-order chi connectivity index (χ0) is 55.2. The Balaban J connectivity index is 1.59. The Morgan fingerprint density at radius 1 is 0.680 bits per heavy atom. The van der Waals surface area contributed by atoms with Crippen LogP contribution < -0.4 is 16.0 Å². The second-order valence-corrected chi connectivity index (χ2v) is 21.1. The van der Waals surface area contributed by atoms with Crippen molar-refractivity contribution in [2.75, 3.05) is 33.7 Å². The Morgan fingerprint density at radius 3 is 1.89 bits per heavy atom. The molecule has 0 aliphatic carbocycles. The molecule has 0 radical (unpaired) electrons. The van der Waals surface area contributed by atoms with E-state index in [0.717, 1.165) is 25.9 Å². The summed E-state index contributed by atoms with van der Waals surface area (Å²) in [5.74, 6) is -3.33. The van der Waals surface area contributed by atoms with E-state index in [-0.39, 0.29) is 31.6 Å². The van der Waals surface area contributed by atoms with E-state index in [1.807, 2.05) is 61.6 Å². The maximum atomic E-state index is 12.8. The number of nitrogens with zero attached hydrogens (tertiary/aromatic N) is 1. The number of likely N-dealkylation sites (tertiary alicyclic amines) is 1. The van der Waals surface area contributed by atoms with E-state index in [4.69, 9.17) is 18.9 Å². The highest BCUT2D eigenvalue weighted by molar-refractivity contribution is 5.74. The summed E-state index contributed by atoms with van der Waals surface area (Å²) in [4.78, 5) is 27.7. The third-order valence-electron chi connectivity index (χ3n) is 14.7. The van der Waals surface area contributed by atoms with Crippen LogP contribution in [0.1, 0.15) is 91.9 Å². The lowest BCUT2D eigenvalue weighted by Crippen LogP contribution is -2.64. The minimum atomic E-state index is -2.23. The van der Waals surface area contributed by atoms with Gasteiger partial charge in [0.05, 0.1) is 85.6 Å². The molecule has 3 saturated heterocycles. The van der Waals surface area contributed by atoms with Crippen molar-refractivity contribution in [2.45, 2.75) is 195 Å². The fraction of sp³-hybridized carbons (Fsp3) is 0.709. The van der Waals surface area contributed by atoms with Gasteiger partial charge in [-0.3, -0.25) is 4.79 Å². The number of aliphatic hydroxyl groups is 10. The summed E-state index contributed by atoms with van der Waals surface area (Å²) in [5.41, 5.74) is 0. The van der Waals surface area contributed by atoms with Crippen molar-refractivity contribution < 1.29 is 79.6 Å². The molecule has 0 aromatic heterocycles. The molecular formula is C55H90N4O16. The highest BCUT2D eigenvalue weighted by Crippen LogP contribution is 2.35. The van der Waals surface area contributed by atoms with Gasteiger partial charge in [-0.15, -0.1) is 0 Å². The maximum Gasteiger partial charge on any atom is 0.314 e. The predicted molar refractivity (Wildman–Crippen MR) is 281 cm³/mol. The number of ether oxygens (including phenoxy) is 4. The monoisotopic (exact) mass is 1060 g/mol. The lowest BCUT2D eigenvalue weighted by atomic mass is 9.87. The summed E-state index contributed by atoms with van der Waals surface area (Å²) in [6.45, 7) is 9.38. The second kappa shape index (κ2) is 32.3. The van der Waals surface area contributed by atoms with Gasteiger partial charge in [-0.1, -0.05) is 98.9 Å². The molecule has 4 aliphatic rings. The molecule has 1 unspecified atom stereocenters. The molecule has 426 valence electrons. The Hall–Kier alpha value is -3.68. The summed E-state index contributed by atoms with van der Waals surface area (Å²) in [7, 11) is 3.46. The normalized spacial score (nSPS) is 42.7. The van der Waals surface area contributed by atoms with Gasteiger partial charge >= 0.3 is 12.0 Å².